The highest BCUT2D eigenvalue weighted by molar-refractivity contribution is 5.87. The van der Waals surface area contributed by atoms with Crippen molar-refractivity contribution in [2.45, 2.75) is 25.3 Å². The van der Waals surface area contributed by atoms with Gasteiger partial charge in [0.05, 0.1) is 13.4 Å². The van der Waals surface area contributed by atoms with Gasteiger partial charge >= 0.3 is 5.97 Å². The van der Waals surface area contributed by atoms with Gasteiger partial charge in [-0.1, -0.05) is 0 Å². The van der Waals surface area contributed by atoms with Gasteiger partial charge in [0.1, 0.15) is 12.3 Å². The SMILES string of the molecule is COC(=O)CN1C(=O)CC1CCc1ccco1. The first-order valence-electron chi connectivity index (χ1n) is 5.59. The molecule has 1 aromatic rings. The van der Waals surface area contributed by atoms with Gasteiger partial charge in [-0.25, -0.2) is 0 Å². The van der Waals surface area contributed by atoms with E-state index < -0.39 is 0 Å². The summed E-state index contributed by atoms with van der Waals surface area (Å²) in [5.74, 6) is 0.545. The van der Waals surface area contributed by atoms with Crippen molar-refractivity contribution in [2.24, 2.45) is 0 Å². The molecule has 5 heteroatoms. The van der Waals surface area contributed by atoms with E-state index in [9.17, 15) is 9.59 Å². The lowest BCUT2D eigenvalue weighted by molar-refractivity contribution is -0.156. The maximum absolute atomic E-state index is 11.3. The lowest BCUT2D eigenvalue weighted by atomic mass is 9.96. The molecule has 1 saturated heterocycles. The third kappa shape index (κ3) is 2.67. The number of rotatable bonds is 5. The van der Waals surface area contributed by atoms with Crippen molar-refractivity contribution in [3.05, 3.63) is 24.2 Å². The first-order chi connectivity index (χ1) is 8.20. The Hall–Kier alpha value is -1.78. The predicted molar refractivity (Wildman–Crippen MR) is 59.2 cm³/mol. The number of esters is 1. The molecule has 0 aliphatic carbocycles. The van der Waals surface area contributed by atoms with Crippen LogP contribution < -0.4 is 0 Å². The quantitative estimate of drug-likeness (QED) is 0.566. The molecular formula is C12H15NO4. The van der Waals surface area contributed by atoms with Gasteiger partial charge in [-0.3, -0.25) is 9.59 Å². The Bertz CT molecular complexity index is 399. The van der Waals surface area contributed by atoms with Crippen LogP contribution in [-0.2, 0) is 20.7 Å². The van der Waals surface area contributed by atoms with Gasteiger partial charge in [-0.05, 0) is 18.6 Å². The fourth-order valence-electron chi connectivity index (χ4n) is 1.96. The maximum atomic E-state index is 11.3. The summed E-state index contributed by atoms with van der Waals surface area (Å²) in [7, 11) is 1.32. The first kappa shape index (κ1) is 11.7. The third-order valence-corrected chi connectivity index (χ3v) is 3.00. The predicted octanol–water partition coefficient (Wildman–Crippen LogP) is 0.986. The largest absolute Gasteiger partial charge is 0.469 e. The van der Waals surface area contributed by atoms with Crippen molar-refractivity contribution in [2.75, 3.05) is 13.7 Å². The van der Waals surface area contributed by atoms with Gasteiger partial charge < -0.3 is 14.1 Å². The van der Waals surface area contributed by atoms with Crippen molar-refractivity contribution in [3.63, 3.8) is 0 Å². The Balaban J connectivity index is 1.81. The van der Waals surface area contributed by atoms with Crippen LogP contribution in [0.2, 0.25) is 0 Å². The van der Waals surface area contributed by atoms with Crippen LogP contribution >= 0.6 is 0 Å². The molecule has 0 N–H and O–H groups in total. The van der Waals surface area contributed by atoms with Gasteiger partial charge in [-0.15, -0.1) is 0 Å². The van der Waals surface area contributed by atoms with E-state index in [0.717, 1.165) is 18.6 Å². The summed E-state index contributed by atoms with van der Waals surface area (Å²) in [5, 5.41) is 0. The number of amides is 1. The normalized spacial score (nSPS) is 19.0. The lowest BCUT2D eigenvalue weighted by Crippen LogP contribution is -2.54. The minimum atomic E-state index is -0.374. The molecule has 0 radical (unpaired) electrons. The smallest absolute Gasteiger partial charge is 0.325 e. The average molecular weight is 237 g/mol. The third-order valence-electron chi connectivity index (χ3n) is 3.00. The summed E-state index contributed by atoms with van der Waals surface area (Å²) in [6.07, 6.45) is 3.74. The Morgan fingerprint density at radius 2 is 2.47 bits per heavy atom. The number of likely N-dealkylation sites (tertiary alicyclic amines) is 1. The van der Waals surface area contributed by atoms with Gasteiger partial charge in [0, 0.05) is 18.9 Å². The summed E-state index contributed by atoms with van der Waals surface area (Å²) in [6.45, 7) is 0.0537. The molecular weight excluding hydrogens is 222 g/mol. The molecule has 1 amide bonds. The number of carbonyl (C=O) groups is 2. The molecule has 1 fully saturated rings. The molecule has 17 heavy (non-hydrogen) atoms. The summed E-state index contributed by atoms with van der Waals surface area (Å²) in [6, 6.07) is 3.88. The Morgan fingerprint density at radius 1 is 1.65 bits per heavy atom. The number of methoxy groups -OCH3 is 1. The van der Waals surface area contributed by atoms with E-state index in [1.165, 1.54) is 7.11 Å². The fourth-order valence-corrected chi connectivity index (χ4v) is 1.96. The van der Waals surface area contributed by atoms with E-state index in [0.29, 0.717) is 6.42 Å². The fraction of sp³-hybridized carbons (Fsp3) is 0.500. The van der Waals surface area contributed by atoms with Crippen LogP contribution in [0.3, 0.4) is 0 Å². The minimum Gasteiger partial charge on any atom is -0.469 e. The van der Waals surface area contributed by atoms with Crippen molar-refractivity contribution in [1.82, 2.24) is 4.90 Å². The van der Waals surface area contributed by atoms with Crippen molar-refractivity contribution in [1.29, 1.82) is 0 Å². The van der Waals surface area contributed by atoms with Crippen LogP contribution in [0.1, 0.15) is 18.6 Å². The summed E-state index contributed by atoms with van der Waals surface area (Å²) >= 11 is 0. The zero-order valence-corrected chi connectivity index (χ0v) is 9.72. The highest BCUT2D eigenvalue weighted by atomic mass is 16.5. The van der Waals surface area contributed by atoms with Crippen LogP contribution in [0, 0.1) is 0 Å². The molecule has 1 atom stereocenters. The molecule has 2 heterocycles. The monoisotopic (exact) mass is 237 g/mol. The van der Waals surface area contributed by atoms with Gasteiger partial charge in [0.25, 0.3) is 0 Å². The average Bonchev–Trinajstić information content (AvgIpc) is 2.84. The van der Waals surface area contributed by atoms with Crippen LogP contribution in [0.15, 0.2) is 22.8 Å². The summed E-state index contributed by atoms with van der Waals surface area (Å²) in [4.78, 5) is 24.0. The second-order valence-corrected chi connectivity index (χ2v) is 4.07. The molecule has 1 aromatic heterocycles. The zero-order chi connectivity index (χ0) is 12.3. The van der Waals surface area contributed by atoms with E-state index in [4.69, 9.17) is 4.42 Å². The van der Waals surface area contributed by atoms with E-state index in [1.54, 1.807) is 11.2 Å². The molecule has 0 spiro atoms. The molecule has 0 bridgehead atoms. The van der Waals surface area contributed by atoms with E-state index in [2.05, 4.69) is 4.74 Å². The number of aryl methyl sites for hydroxylation is 1. The first-order valence-corrected chi connectivity index (χ1v) is 5.59. The van der Waals surface area contributed by atoms with Gasteiger partial charge in [-0.2, -0.15) is 0 Å². The van der Waals surface area contributed by atoms with Crippen LogP contribution in [0.4, 0.5) is 0 Å². The van der Waals surface area contributed by atoms with Crippen molar-refractivity contribution in [3.8, 4) is 0 Å². The van der Waals surface area contributed by atoms with Gasteiger partial charge in [0.2, 0.25) is 5.91 Å². The highest BCUT2D eigenvalue weighted by Crippen LogP contribution is 2.23. The highest BCUT2D eigenvalue weighted by Gasteiger charge is 2.36. The van der Waals surface area contributed by atoms with E-state index >= 15 is 0 Å². The van der Waals surface area contributed by atoms with Crippen LogP contribution in [-0.4, -0.2) is 36.5 Å². The number of furan rings is 1. The topological polar surface area (TPSA) is 59.8 Å². The number of hydrogen-bond donors (Lipinski definition) is 0. The standard InChI is InChI=1S/C12H15NO4/c1-16-12(15)8-13-9(7-11(13)14)4-5-10-3-2-6-17-10/h2-3,6,9H,4-5,7-8H2,1H3. The summed E-state index contributed by atoms with van der Waals surface area (Å²) < 4.78 is 9.77. The minimum absolute atomic E-state index is 0.0137. The number of ether oxygens (including phenoxy) is 1. The van der Waals surface area contributed by atoms with Crippen LogP contribution in [0.5, 0.6) is 0 Å². The van der Waals surface area contributed by atoms with E-state index in [1.807, 2.05) is 12.1 Å². The number of carbonyl (C=O) groups excluding carboxylic acids is 2. The molecule has 2 rings (SSSR count). The van der Waals surface area contributed by atoms with E-state index in [-0.39, 0.29) is 24.5 Å². The van der Waals surface area contributed by atoms with Crippen molar-refractivity contribution < 1.29 is 18.7 Å². The molecule has 1 aliphatic heterocycles. The van der Waals surface area contributed by atoms with Crippen LogP contribution in [0.25, 0.3) is 0 Å². The molecule has 1 aliphatic rings. The Kier molecular flexibility index (Phi) is 3.46. The second-order valence-electron chi connectivity index (χ2n) is 4.07. The number of hydrogen-bond acceptors (Lipinski definition) is 4. The number of nitrogens with zero attached hydrogens (tertiary/aromatic N) is 1. The molecule has 1 unspecified atom stereocenters. The molecule has 0 saturated carbocycles. The maximum Gasteiger partial charge on any atom is 0.325 e. The molecule has 0 aromatic carbocycles. The number of β-lactam (4-membered cyclic amide) rings is 1. The Morgan fingerprint density at radius 3 is 3.06 bits per heavy atom. The van der Waals surface area contributed by atoms with Crippen molar-refractivity contribution >= 4 is 11.9 Å². The lowest BCUT2D eigenvalue weighted by Gasteiger charge is -2.39. The van der Waals surface area contributed by atoms with Gasteiger partial charge in [0.15, 0.2) is 0 Å². The Labute approximate surface area is 99.3 Å². The molecule has 5 nitrogen and oxygen atoms in total. The summed E-state index contributed by atoms with van der Waals surface area (Å²) in [5.41, 5.74) is 0. The molecule has 92 valence electrons. The second kappa shape index (κ2) is 5.03. The zero-order valence-electron chi connectivity index (χ0n) is 9.72.